The van der Waals surface area contributed by atoms with Crippen LogP contribution in [0.4, 0.5) is 26.3 Å². The summed E-state index contributed by atoms with van der Waals surface area (Å²) >= 11 is 0. The van der Waals surface area contributed by atoms with Gasteiger partial charge in [0.1, 0.15) is 6.61 Å². The predicted octanol–water partition coefficient (Wildman–Crippen LogP) is 10.8. The number of ketones is 1. The van der Waals surface area contributed by atoms with E-state index in [9.17, 15) is 40.7 Å². The number of hydrogen-bond acceptors (Lipinski definition) is 5. The standard InChI is InChI=1S/C42H54F6O5/c1-34(2)26(32(50)53-40(8,41(43,44)45)42(46,47)48)14-16-37(5)30(34)15-17-39(7)31(37)29(49)22-27-28-23-36(4,19-18-35(28,3)20-21-38(27,39)6)33(51)52-24-25-12-10-9-11-13-25/h9-13,22,26,28,30-31H,14-21,23-24H2,1-8H3/t26-,28+,30+,31-,35-,36+,37+,38-,39-/m1/s1. The number of rotatable bonds is 5. The van der Waals surface area contributed by atoms with Crippen molar-refractivity contribution in [2.75, 3.05) is 0 Å². The molecular formula is C42H54F6O5. The molecule has 1 aromatic rings. The van der Waals surface area contributed by atoms with Crippen molar-refractivity contribution in [1.82, 2.24) is 0 Å². The Bertz CT molecular complexity index is 1670. The first-order valence-electron chi connectivity index (χ1n) is 19.0. The van der Waals surface area contributed by atoms with Crippen LogP contribution in [0.25, 0.3) is 0 Å². The average molecular weight is 753 g/mol. The van der Waals surface area contributed by atoms with Crippen LogP contribution in [0.1, 0.15) is 119 Å². The fourth-order valence-corrected chi connectivity index (χ4v) is 12.2. The average Bonchev–Trinajstić information content (AvgIpc) is 3.04. The minimum atomic E-state index is -5.86. The number of alkyl halides is 6. The first-order valence-corrected chi connectivity index (χ1v) is 19.0. The van der Waals surface area contributed by atoms with Gasteiger partial charge in [-0.3, -0.25) is 14.4 Å². The second-order valence-corrected chi connectivity index (χ2v) is 19.2. The summed E-state index contributed by atoms with van der Waals surface area (Å²) in [6, 6.07) is 9.55. The van der Waals surface area contributed by atoms with Crippen molar-refractivity contribution in [1.29, 1.82) is 0 Å². The third-order valence-electron chi connectivity index (χ3n) is 16.0. The van der Waals surface area contributed by atoms with Gasteiger partial charge < -0.3 is 9.47 Å². The highest BCUT2D eigenvalue weighted by molar-refractivity contribution is 5.96. The maximum Gasteiger partial charge on any atom is 0.437 e. The van der Waals surface area contributed by atoms with Crippen LogP contribution in [0.3, 0.4) is 0 Å². The van der Waals surface area contributed by atoms with Gasteiger partial charge in [0.15, 0.2) is 5.78 Å². The molecule has 5 aliphatic carbocycles. The summed E-state index contributed by atoms with van der Waals surface area (Å²) in [6.07, 6.45) is -4.57. The van der Waals surface area contributed by atoms with Crippen LogP contribution < -0.4 is 0 Å². The molecule has 0 unspecified atom stereocenters. The normalized spacial score (nSPS) is 39.7. The molecular weight excluding hydrogens is 698 g/mol. The Kier molecular flexibility index (Phi) is 9.26. The Labute approximate surface area is 309 Å². The Morgan fingerprint density at radius 3 is 2.02 bits per heavy atom. The van der Waals surface area contributed by atoms with Gasteiger partial charge in [-0.2, -0.15) is 26.3 Å². The minimum Gasteiger partial charge on any atom is -0.460 e. The van der Waals surface area contributed by atoms with E-state index < -0.39 is 62.8 Å². The maximum atomic E-state index is 14.7. The lowest BCUT2D eigenvalue weighted by Crippen LogP contribution is -2.66. The van der Waals surface area contributed by atoms with E-state index in [-0.39, 0.29) is 55.4 Å². The van der Waals surface area contributed by atoms with Gasteiger partial charge in [0.2, 0.25) is 0 Å². The highest BCUT2D eigenvalue weighted by atomic mass is 19.4. The predicted molar refractivity (Wildman–Crippen MR) is 186 cm³/mol. The van der Waals surface area contributed by atoms with Crippen molar-refractivity contribution in [2.45, 2.75) is 138 Å². The Morgan fingerprint density at radius 2 is 1.42 bits per heavy atom. The summed E-state index contributed by atoms with van der Waals surface area (Å²) in [4.78, 5) is 41.9. The zero-order valence-corrected chi connectivity index (χ0v) is 32.2. The van der Waals surface area contributed by atoms with Crippen molar-refractivity contribution in [3.8, 4) is 0 Å². The molecule has 0 spiro atoms. The van der Waals surface area contributed by atoms with Gasteiger partial charge >= 0.3 is 24.3 Å². The number of halogens is 6. The Hall–Kier alpha value is -2.85. The van der Waals surface area contributed by atoms with Crippen LogP contribution in [-0.4, -0.2) is 35.7 Å². The topological polar surface area (TPSA) is 69.7 Å². The largest absolute Gasteiger partial charge is 0.460 e. The van der Waals surface area contributed by atoms with Crippen LogP contribution >= 0.6 is 0 Å². The van der Waals surface area contributed by atoms with Crippen LogP contribution in [0.15, 0.2) is 42.0 Å². The van der Waals surface area contributed by atoms with E-state index in [1.165, 1.54) is 0 Å². The van der Waals surface area contributed by atoms with E-state index in [1.807, 2.05) is 50.3 Å². The zero-order chi connectivity index (χ0) is 39.4. The molecule has 6 rings (SSSR count). The second kappa shape index (κ2) is 12.3. The van der Waals surface area contributed by atoms with Gasteiger partial charge in [-0.1, -0.05) is 77.4 Å². The summed E-state index contributed by atoms with van der Waals surface area (Å²) in [5, 5.41) is 0. The van der Waals surface area contributed by atoms with E-state index in [2.05, 4.69) is 25.5 Å². The van der Waals surface area contributed by atoms with E-state index in [1.54, 1.807) is 13.8 Å². The van der Waals surface area contributed by atoms with Crippen molar-refractivity contribution in [3.63, 3.8) is 0 Å². The number of ether oxygens (including phenoxy) is 2. The molecule has 0 aliphatic heterocycles. The monoisotopic (exact) mass is 752 g/mol. The third-order valence-corrected chi connectivity index (χ3v) is 16.0. The number of fused-ring (bicyclic) bond motifs is 7. The number of benzene rings is 1. The summed E-state index contributed by atoms with van der Waals surface area (Å²) in [7, 11) is 0. The molecule has 0 bridgehead atoms. The lowest BCUT2D eigenvalue weighted by molar-refractivity contribution is -0.365. The van der Waals surface area contributed by atoms with Gasteiger partial charge in [0.05, 0.1) is 11.3 Å². The van der Waals surface area contributed by atoms with Crippen LogP contribution in [-0.2, 0) is 30.5 Å². The van der Waals surface area contributed by atoms with Gasteiger partial charge in [-0.05, 0) is 122 Å². The van der Waals surface area contributed by atoms with E-state index in [0.29, 0.717) is 25.7 Å². The molecule has 0 amide bonds. The molecule has 5 aliphatic rings. The smallest absolute Gasteiger partial charge is 0.437 e. The highest BCUT2D eigenvalue weighted by Crippen LogP contribution is 2.75. The summed E-state index contributed by atoms with van der Waals surface area (Å²) in [6.45, 7) is 14.2. The van der Waals surface area contributed by atoms with Gasteiger partial charge in [-0.25, -0.2) is 0 Å². The van der Waals surface area contributed by atoms with Crippen LogP contribution in [0.5, 0.6) is 0 Å². The van der Waals surface area contributed by atoms with Crippen molar-refractivity contribution in [3.05, 3.63) is 47.5 Å². The molecule has 4 fully saturated rings. The molecule has 294 valence electrons. The molecule has 0 saturated heterocycles. The summed E-state index contributed by atoms with van der Waals surface area (Å²) in [5.74, 6) is -3.81. The molecule has 0 radical (unpaired) electrons. The quantitative estimate of drug-likeness (QED) is 0.221. The van der Waals surface area contributed by atoms with Crippen LogP contribution in [0.2, 0.25) is 0 Å². The molecule has 11 heteroatoms. The SMILES string of the molecule is CC1(C)[C@@H](C(=O)OC(C)(C(F)(F)F)C(F)(F)F)CC[C@]2(C)[C@H]3C(=O)C=C4[C@@H]5C[C@@](C)(C(=O)OCc6ccccc6)CC[C@]5(C)CC[C@@]4(C)[C@]3(C)CC[C@@H]12. The Morgan fingerprint density at radius 1 is 0.811 bits per heavy atom. The summed E-state index contributed by atoms with van der Waals surface area (Å²) in [5.41, 5.74) is -6.08. The van der Waals surface area contributed by atoms with Crippen molar-refractivity contribution >= 4 is 17.7 Å². The highest BCUT2D eigenvalue weighted by Gasteiger charge is 2.74. The molecule has 9 atom stereocenters. The number of carbonyl (C=O) groups is 3. The molecule has 5 nitrogen and oxygen atoms in total. The second-order valence-electron chi connectivity index (χ2n) is 19.2. The minimum absolute atomic E-state index is 0.00190. The van der Waals surface area contributed by atoms with Gasteiger partial charge in [0.25, 0.3) is 5.60 Å². The molecule has 0 N–H and O–H groups in total. The van der Waals surface area contributed by atoms with Crippen LogP contribution in [0, 0.1) is 56.2 Å². The van der Waals surface area contributed by atoms with Crippen molar-refractivity contribution < 1.29 is 50.2 Å². The molecule has 53 heavy (non-hydrogen) atoms. The fraction of sp³-hybridized carbons (Fsp3) is 0.738. The maximum absolute atomic E-state index is 14.7. The molecule has 4 saturated carbocycles. The fourth-order valence-electron chi connectivity index (χ4n) is 12.2. The number of esters is 2. The van der Waals surface area contributed by atoms with Gasteiger partial charge in [-0.15, -0.1) is 0 Å². The molecule has 0 heterocycles. The Balaban J connectivity index is 1.29. The van der Waals surface area contributed by atoms with Gasteiger partial charge in [0, 0.05) is 5.92 Å². The number of carbonyl (C=O) groups excluding carboxylic acids is 3. The van der Waals surface area contributed by atoms with E-state index >= 15 is 0 Å². The van der Waals surface area contributed by atoms with Crippen molar-refractivity contribution in [2.24, 2.45) is 56.2 Å². The zero-order valence-electron chi connectivity index (χ0n) is 32.2. The third kappa shape index (κ3) is 5.81. The molecule has 1 aromatic carbocycles. The van der Waals surface area contributed by atoms with E-state index in [0.717, 1.165) is 30.4 Å². The number of allylic oxidation sites excluding steroid dienone is 2. The first-order chi connectivity index (χ1) is 24.2. The summed E-state index contributed by atoms with van der Waals surface area (Å²) < 4.78 is 92.7. The van der Waals surface area contributed by atoms with E-state index in [4.69, 9.17) is 4.74 Å². The number of hydrogen-bond donors (Lipinski definition) is 0. The lowest BCUT2D eigenvalue weighted by Gasteiger charge is -2.70. The molecule has 0 aromatic heterocycles. The lowest BCUT2D eigenvalue weighted by atomic mass is 9.33. The first kappa shape index (κ1) is 39.8.